The second-order valence-electron chi connectivity index (χ2n) is 5.24. The van der Waals surface area contributed by atoms with E-state index in [-0.39, 0.29) is 5.75 Å². The van der Waals surface area contributed by atoms with Crippen LogP contribution in [0.3, 0.4) is 0 Å². The SMILES string of the molecule is CS(=O)CC(O)c1cc(-c2ccccc2)nc2ccccc12. The minimum atomic E-state index is -1.06. The topological polar surface area (TPSA) is 50.2 Å². The first kappa shape index (κ1) is 14.9. The molecule has 0 bridgehead atoms. The number of fused-ring (bicyclic) bond motifs is 1. The molecule has 0 radical (unpaired) electrons. The fraction of sp³-hybridized carbons (Fsp3) is 0.167. The highest BCUT2D eigenvalue weighted by Gasteiger charge is 2.15. The average molecular weight is 311 g/mol. The van der Waals surface area contributed by atoms with Crippen molar-refractivity contribution in [3.05, 3.63) is 66.2 Å². The van der Waals surface area contributed by atoms with Crippen molar-refractivity contribution >= 4 is 21.7 Å². The first-order valence-electron chi connectivity index (χ1n) is 7.08. The van der Waals surface area contributed by atoms with Crippen molar-refractivity contribution in [1.29, 1.82) is 0 Å². The molecule has 2 atom stereocenters. The molecule has 1 aromatic heterocycles. The summed E-state index contributed by atoms with van der Waals surface area (Å²) in [6, 6.07) is 19.5. The third-order valence-electron chi connectivity index (χ3n) is 3.57. The Morgan fingerprint density at radius 3 is 2.50 bits per heavy atom. The lowest BCUT2D eigenvalue weighted by Gasteiger charge is -2.14. The van der Waals surface area contributed by atoms with Crippen LogP contribution in [0.1, 0.15) is 11.7 Å². The summed E-state index contributed by atoms with van der Waals surface area (Å²) in [5.74, 6) is 0.224. The number of hydrogen-bond acceptors (Lipinski definition) is 3. The monoisotopic (exact) mass is 311 g/mol. The van der Waals surface area contributed by atoms with Gasteiger partial charge in [0.1, 0.15) is 0 Å². The predicted octanol–water partition coefficient (Wildman–Crippen LogP) is 3.31. The largest absolute Gasteiger partial charge is 0.387 e. The molecule has 0 spiro atoms. The molecule has 0 saturated heterocycles. The summed E-state index contributed by atoms with van der Waals surface area (Å²) < 4.78 is 11.5. The Balaban J connectivity index is 2.18. The van der Waals surface area contributed by atoms with Crippen molar-refractivity contribution < 1.29 is 9.32 Å². The highest BCUT2D eigenvalue weighted by atomic mass is 32.2. The lowest BCUT2D eigenvalue weighted by atomic mass is 10.0. The van der Waals surface area contributed by atoms with Crippen molar-refractivity contribution in [3.63, 3.8) is 0 Å². The molecular weight excluding hydrogens is 294 g/mol. The zero-order chi connectivity index (χ0) is 15.5. The Hall–Kier alpha value is -2.04. The van der Waals surface area contributed by atoms with Crippen molar-refractivity contribution in [2.75, 3.05) is 12.0 Å². The van der Waals surface area contributed by atoms with Crippen LogP contribution in [0.15, 0.2) is 60.7 Å². The van der Waals surface area contributed by atoms with E-state index in [1.54, 1.807) is 6.26 Å². The minimum absolute atomic E-state index is 0.224. The van der Waals surface area contributed by atoms with Crippen LogP contribution in [0.5, 0.6) is 0 Å². The molecule has 22 heavy (non-hydrogen) atoms. The number of rotatable bonds is 4. The zero-order valence-corrected chi connectivity index (χ0v) is 13.1. The van der Waals surface area contributed by atoms with Gasteiger partial charge in [-0.25, -0.2) is 4.98 Å². The first-order valence-corrected chi connectivity index (χ1v) is 8.81. The summed E-state index contributed by atoms with van der Waals surface area (Å²) in [7, 11) is -1.06. The number of aromatic nitrogens is 1. The second kappa shape index (κ2) is 6.38. The van der Waals surface area contributed by atoms with E-state index < -0.39 is 16.9 Å². The van der Waals surface area contributed by atoms with Gasteiger partial charge in [-0.2, -0.15) is 0 Å². The Bertz CT molecular complexity index is 818. The van der Waals surface area contributed by atoms with Crippen LogP contribution < -0.4 is 0 Å². The lowest BCUT2D eigenvalue weighted by molar-refractivity contribution is 0.204. The highest BCUT2D eigenvalue weighted by Crippen LogP contribution is 2.28. The average Bonchev–Trinajstić information content (AvgIpc) is 2.54. The van der Waals surface area contributed by atoms with E-state index in [0.29, 0.717) is 0 Å². The molecule has 0 aliphatic heterocycles. The van der Waals surface area contributed by atoms with Gasteiger partial charge in [0.05, 0.1) is 23.1 Å². The van der Waals surface area contributed by atoms with Gasteiger partial charge in [-0.1, -0.05) is 48.5 Å². The molecule has 1 heterocycles. The van der Waals surface area contributed by atoms with Crippen LogP contribution >= 0.6 is 0 Å². The maximum atomic E-state index is 11.5. The van der Waals surface area contributed by atoms with Crippen LogP contribution in [0.2, 0.25) is 0 Å². The van der Waals surface area contributed by atoms with E-state index in [9.17, 15) is 9.32 Å². The third-order valence-corrected chi connectivity index (χ3v) is 4.35. The highest BCUT2D eigenvalue weighted by molar-refractivity contribution is 7.84. The van der Waals surface area contributed by atoms with Crippen LogP contribution in [0.4, 0.5) is 0 Å². The van der Waals surface area contributed by atoms with Gasteiger partial charge >= 0.3 is 0 Å². The fourth-order valence-electron chi connectivity index (χ4n) is 2.55. The number of para-hydroxylation sites is 1. The van der Waals surface area contributed by atoms with Crippen LogP contribution in [-0.4, -0.2) is 26.3 Å². The Morgan fingerprint density at radius 2 is 1.77 bits per heavy atom. The summed E-state index contributed by atoms with van der Waals surface area (Å²) in [5, 5.41) is 11.3. The first-order chi connectivity index (χ1) is 10.6. The summed E-state index contributed by atoms with van der Waals surface area (Å²) in [6.07, 6.45) is 0.839. The molecule has 0 fully saturated rings. The molecule has 112 valence electrons. The van der Waals surface area contributed by atoms with Crippen LogP contribution in [-0.2, 0) is 10.8 Å². The minimum Gasteiger partial charge on any atom is -0.387 e. The van der Waals surface area contributed by atoms with E-state index in [4.69, 9.17) is 0 Å². The molecule has 3 nitrogen and oxygen atoms in total. The van der Waals surface area contributed by atoms with E-state index in [1.807, 2.05) is 60.7 Å². The van der Waals surface area contributed by atoms with Crippen molar-refractivity contribution in [1.82, 2.24) is 4.98 Å². The summed E-state index contributed by atoms with van der Waals surface area (Å²) in [6.45, 7) is 0. The number of pyridine rings is 1. The molecule has 0 amide bonds. The number of hydrogen-bond donors (Lipinski definition) is 1. The van der Waals surface area contributed by atoms with E-state index in [1.165, 1.54) is 0 Å². The number of nitrogens with zero attached hydrogens (tertiary/aromatic N) is 1. The Labute approximate surface area is 132 Å². The molecule has 0 aliphatic rings. The van der Waals surface area contributed by atoms with Gasteiger partial charge in [-0.05, 0) is 17.7 Å². The quantitative estimate of drug-likeness (QED) is 0.804. The van der Waals surface area contributed by atoms with Gasteiger partial charge in [0.15, 0.2) is 0 Å². The molecule has 2 unspecified atom stereocenters. The summed E-state index contributed by atoms with van der Waals surface area (Å²) >= 11 is 0. The van der Waals surface area contributed by atoms with E-state index in [2.05, 4.69) is 4.98 Å². The van der Waals surface area contributed by atoms with Crippen LogP contribution in [0, 0.1) is 0 Å². The van der Waals surface area contributed by atoms with Gasteiger partial charge in [-0.3, -0.25) is 4.21 Å². The molecule has 0 aliphatic carbocycles. The van der Waals surface area contributed by atoms with Gasteiger partial charge in [0.2, 0.25) is 0 Å². The molecule has 0 saturated carbocycles. The predicted molar refractivity (Wildman–Crippen MR) is 91.1 cm³/mol. The van der Waals surface area contributed by atoms with E-state index in [0.717, 1.165) is 27.7 Å². The maximum absolute atomic E-state index is 11.5. The zero-order valence-electron chi connectivity index (χ0n) is 12.3. The van der Waals surface area contributed by atoms with Gasteiger partial charge < -0.3 is 5.11 Å². The Morgan fingerprint density at radius 1 is 1.09 bits per heavy atom. The maximum Gasteiger partial charge on any atom is 0.0912 e. The Kier molecular flexibility index (Phi) is 4.32. The number of aliphatic hydroxyl groups is 1. The van der Waals surface area contributed by atoms with Gasteiger partial charge in [0.25, 0.3) is 0 Å². The van der Waals surface area contributed by atoms with Gasteiger partial charge in [0, 0.05) is 28.0 Å². The molecule has 4 heteroatoms. The normalized spacial score (nSPS) is 13.9. The number of benzene rings is 2. The van der Waals surface area contributed by atoms with Crippen LogP contribution in [0.25, 0.3) is 22.2 Å². The fourth-order valence-corrected chi connectivity index (χ4v) is 3.17. The number of aliphatic hydroxyl groups excluding tert-OH is 1. The summed E-state index contributed by atoms with van der Waals surface area (Å²) in [4.78, 5) is 4.68. The van der Waals surface area contributed by atoms with Gasteiger partial charge in [-0.15, -0.1) is 0 Å². The smallest absolute Gasteiger partial charge is 0.0912 e. The molecule has 1 N–H and O–H groups in total. The van der Waals surface area contributed by atoms with Crippen molar-refractivity contribution in [2.45, 2.75) is 6.10 Å². The summed E-state index contributed by atoms with van der Waals surface area (Å²) in [5.41, 5.74) is 3.43. The molecular formula is C18H17NO2S. The van der Waals surface area contributed by atoms with Crippen molar-refractivity contribution in [2.24, 2.45) is 0 Å². The van der Waals surface area contributed by atoms with E-state index >= 15 is 0 Å². The third kappa shape index (κ3) is 3.08. The molecule has 2 aromatic carbocycles. The molecule has 3 rings (SSSR count). The second-order valence-corrected chi connectivity index (χ2v) is 6.72. The lowest BCUT2D eigenvalue weighted by Crippen LogP contribution is -2.09. The van der Waals surface area contributed by atoms with Crippen molar-refractivity contribution in [3.8, 4) is 11.3 Å². The standard InChI is InChI=1S/C18H17NO2S/c1-22(21)12-18(20)15-11-17(13-7-3-2-4-8-13)19-16-10-6-5-9-14(15)16/h2-11,18,20H,12H2,1H3. The molecule has 3 aromatic rings.